The lowest BCUT2D eigenvalue weighted by Gasteiger charge is -2.30. The second kappa shape index (κ2) is 6.30. The minimum absolute atomic E-state index is 0.113. The van der Waals surface area contributed by atoms with Crippen LogP contribution in [0.4, 0.5) is 0 Å². The predicted octanol–water partition coefficient (Wildman–Crippen LogP) is 1.74. The van der Waals surface area contributed by atoms with Gasteiger partial charge in [0.25, 0.3) is 0 Å². The number of rotatable bonds is 4. The highest BCUT2D eigenvalue weighted by Crippen LogP contribution is 2.29. The molecule has 0 radical (unpaired) electrons. The zero-order chi connectivity index (χ0) is 14.8. The summed E-state index contributed by atoms with van der Waals surface area (Å²) in [7, 11) is -2.05. The van der Waals surface area contributed by atoms with E-state index in [4.69, 9.17) is 21.4 Å². The van der Waals surface area contributed by atoms with Crippen molar-refractivity contribution in [3.05, 3.63) is 23.2 Å². The van der Waals surface area contributed by atoms with Gasteiger partial charge < -0.3 is 9.84 Å². The third-order valence-electron chi connectivity index (χ3n) is 3.59. The summed E-state index contributed by atoms with van der Waals surface area (Å²) in [5, 5.41) is 9.37. The molecule has 1 saturated heterocycles. The first-order valence-corrected chi connectivity index (χ1v) is 8.25. The summed E-state index contributed by atoms with van der Waals surface area (Å²) in [5.41, 5.74) is 0. The highest BCUT2D eigenvalue weighted by atomic mass is 35.5. The number of sulfonamides is 1. The number of ether oxygens (including phenoxy) is 1. The van der Waals surface area contributed by atoms with Crippen LogP contribution in [0.2, 0.25) is 5.02 Å². The third-order valence-corrected chi connectivity index (χ3v) is 5.78. The average molecular weight is 320 g/mol. The molecule has 0 atom stereocenters. The first kappa shape index (κ1) is 15.6. The van der Waals surface area contributed by atoms with E-state index in [1.807, 2.05) is 0 Å². The van der Waals surface area contributed by atoms with Gasteiger partial charge in [-0.3, -0.25) is 0 Å². The Hall–Kier alpha value is -0.820. The van der Waals surface area contributed by atoms with Gasteiger partial charge in [0.2, 0.25) is 10.0 Å². The molecule has 5 nitrogen and oxygen atoms in total. The Morgan fingerprint density at radius 2 is 2.05 bits per heavy atom. The van der Waals surface area contributed by atoms with Crippen molar-refractivity contribution in [2.45, 2.75) is 17.7 Å². The predicted molar refractivity (Wildman–Crippen MR) is 76.6 cm³/mol. The molecule has 112 valence electrons. The Morgan fingerprint density at radius 1 is 1.40 bits per heavy atom. The molecular weight excluding hydrogens is 302 g/mol. The van der Waals surface area contributed by atoms with Crippen molar-refractivity contribution in [1.29, 1.82) is 0 Å². The average Bonchev–Trinajstić information content (AvgIpc) is 2.47. The molecule has 1 fully saturated rings. The molecule has 1 aliphatic rings. The molecule has 7 heteroatoms. The van der Waals surface area contributed by atoms with E-state index in [-0.39, 0.29) is 22.4 Å². The van der Waals surface area contributed by atoms with Crippen LogP contribution in [-0.4, -0.2) is 44.6 Å². The van der Waals surface area contributed by atoms with Gasteiger partial charge in [0.1, 0.15) is 5.75 Å². The summed E-state index contributed by atoms with van der Waals surface area (Å²) in [6, 6.07) is 4.46. The van der Waals surface area contributed by atoms with Gasteiger partial charge in [0.05, 0.1) is 17.0 Å². The van der Waals surface area contributed by atoms with E-state index in [1.165, 1.54) is 23.5 Å². The Kier molecular flexibility index (Phi) is 4.90. The second-order valence-corrected chi connectivity index (χ2v) is 7.17. The first-order chi connectivity index (χ1) is 9.48. The van der Waals surface area contributed by atoms with Crippen molar-refractivity contribution >= 4 is 21.6 Å². The summed E-state index contributed by atoms with van der Waals surface area (Å²) in [5.74, 6) is 0.644. The fourth-order valence-electron chi connectivity index (χ4n) is 2.29. The molecule has 0 spiro atoms. The van der Waals surface area contributed by atoms with Crippen molar-refractivity contribution in [2.75, 3.05) is 26.8 Å². The molecule has 1 aliphatic heterocycles. The van der Waals surface area contributed by atoms with Crippen molar-refractivity contribution in [3.8, 4) is 5.75 Å². The van der Waals surface area contributed by atoms with Crippen LogP contribution in [0, 0.1) is 5.92 Å². The normalized spacial score (nSPS) is 18.1. The number of hydrogen-bond donors (Lipinski definition) is 1. The summed E-state index contributed by atoms with van der Waals surface area (Å²) >= 11 is 5.98. The number of halogens is 1. The Balaban J connectivity index is 2.20. The highest BCUT2D eigenvalue weighted by molar-refractivity contribution is 7.89. The van der Waals surface area contributed by atoms with Gasteiger partial charge in [-0.05, 0) is 37.0 Å². The number of hydrogen-bond acceptors (Lipinski definition) is 4. The maximum Gasteiger partial charge on any atom is 0.243 e. The SMILES string of the molecule is COc1ccc(S(=O)(=O)N2CCC(CO)CC2)cc1Cl. The fourth-order valence-corrected chi connectivity index (χ4v) is 4.11. The van der Waals surface area contributed by atoms with Crippen LogP contribution < -0.4 is 4.74 Å². The number of methoxy groups -OCH3 is 1. The summed E-state index contributed by atoms with van der Waals surface area (Å²) in [6.07, 6.45) is 1.36. The van der Waals surface area contributed by atoms with E-state index in [0.29, 0.717) is 31.7 Å². The van der Waals surface area contributed by atoms with E-state index < -0.39 is 10.0 Å². The molecular formula is C13H18ClNO4S. The van der Waals surface area contributed by atoms with Gasteiger partial charge in [-0.1, -0.05) is 11.6 Å². The molecule has 1 aromatic carbocycles. The van der Waals surface area contributed by atoms with Crippen LogP contribution in [-0.2, 0) is 10.0 Å². The molecule has 0 aromatic heterocycles. The molecule has 0 saturated carbocycles. The molecule has 0 amide bonds. The lowest BCUT2D eigenvalue weighted by molar-refractivity contribution is 0.170. The molecule has 0 unspecified atom stereocenters. The zero-order valence-electron chi connectivity index (χ0n) is 11.3. The van der Waals surface area contributed by atoms with Crippen LogP contribution in [0.15, 0.2) is 23.1 Å². The number of aliphatic hydroxyl groups excluding tert-OH is 1. The van der Waals surface area contributed by atoms with Gasteiger partial charge in [-0.25, -0.2) is 8.42 Å². The monoisotopic (exact) mass is 319 g/mol. The standard InChI is InChI=1S/C13H18ClNO4S/c1-19-13-3-2-11(8-12(13)14)20(17,18)15-6-4-10(9-16)5-7-15/h2-3,8,10,16H,4-7,9H2,1H3. The van der Waals surface area contributed by atoms with Crippen LogP contribution >= 0.6 is 11.6 Å². The molecule has 1 N–H and O–H groups in total. The smallest absolute Gasteiger partial charge is 0.243 e. The van der Waals surface area contributed by atoms with Crippen LogP contribution in [0.1, 0.15) is 12.8 Å². The number of benzene rings is 1. The van der Waals surface area contributed by atoms with E-state index >= 15 is 0 Å². The minimum Gasteiger partial charge on any atom is -0.495 e. The molecule has 0 aliphatic carbocycles. The Labute approximate surface area is 124 Å². The minimum atomic E-state index is -3.53. The molecule has 20 heavy (non-hydrogen) atoms. The topological polar surface area (TPSA) is 66.8 Å². The quantitative estimate of drug-likeness (QED) is 0.918. The van der Waals surface area contributed by atoms with Crippen molar-refractivity contribution < 1.29 is 18.3 Å². The van der Waals surface area contributed by atoms with Crippen LogP contribution in [0.25, 0.3) is 0 Å². The lowest BCUT2D eigenvalue weighted by atomic mass is 10.00. The summed E-state index contributed by atoms with van der Waals surface area (Å²) in [4.78, 5) is 0.172. The fraction of sp³-hybridized carbons (Fsp3) is 0.538. The lowest BCUT2D eigenvalue weighted by Crippen LogP contribution is -2.39. The van der Waals surface area contributed by atoms with E-state index in [1.54, 1.807) is 6.07 Å². The van der Waals surface area contributed by atoms with Gasteiger partial charge in [-0.2, -0.15) is 4.31 Å². The van der Waals surface area contributed by atoms with Gasteiger partial charge in [0, 0.05) is 19.7 Å². The molecule has 2 rings (SSSR count). The van der Waals surface area contributed by atoms with Gasteiger partial charge in [-0.15, -0.1) is 0 Å². The maximum absolute atomic E-state index is 12.5. The highest BCUT2D eigenvalue weighted by Gasteiger charge is 2.29. The zero-order valence-corrected chi connectivity index (χ0v) is 12.8. The first-order valence-electron chi connectivity index (χ1n) is 6.43. The Bertz CT molecular complexity index is 568. The Morgan fingerprint density at radius 3 is 2.55 bits per heavy atom. The third kappa shape index (κ3) is 3.09. The summed E-state index contributed by atoms with van der Waals surface area (Å²) in [6.45, 7) is 0.969. The van der Waals surface area contributed by atoms with Crippen molar-refractivity contribution in [2.24, 2.45) is 5.92 Å². The largest absolute Gasteiger partial charge is 0.495 e. The number of aliphatic hydroxyl groups is 1. The van der Waals surface area contributed by atoms with E-state index in [9.17, 15) is 8.42 Å². The summed E-state index contributed by atoms with van der Waals surface area (Å²) < 4.78 is 31.5. The van der Waals surface area contributed by atoms with Crippen molar-refractivity contribution in [1.82, 2.24) is 4.31 Å². The molecule has 0 bridgehead atoms. The van der Waals surface area contributed by atoms with E-state index in [2.05, 4.69) is 0 Å². The molecule has 1 heterocycles. The number of nitrogens with zero attached hydrogens (tertiary/aromatic N) is 1. The maximum atomic E-state index is 12.5. The number of piperidine rings is 1. The van der Waals surface area contributed by atoms with Crippen LogP contribution in [0.3, 0.4) is 0 Å². The molecule has 1 aromatic rings. The van der Waals surface area contributed by atoms with E-state index in [0.717, 1.165) is 0 Å². The van der Waals surface area contributed by atoms with Crippen molar-refractivity contribution in [3.63, 3.8) is 0 Å². The van der Waals surface area contributed by atoms with Gasteiger partial charge in [0.15, 0.2) is 0 Å². The van der Waals surface area contributed by atoms with Gasteiger partial charge >= 0.3 is 0 Å². The van der Waals surface area contributed by atoms with Crippen LogP contribution in [0.5, 0.6) is 5.75 Å². The second-order valence-electron chi connectivity index (χ2n) is 4.83.